The van der Waals surface area contributed by atoms with Crippen LogP contribution < -0.4 is 5.32 Å². The lowest BCUT2D eigenvalue weighted by molar-refractivity contribution is -0.141. The highest BCUT2D eigenvalue weighted by atomic mass is 32.2. The Kier molecular flexibility index (Phi) is 9.25. The molecule has 0 aliphatic carbocycles. The van der Waals surface area contributed by atoms with E-state index in [-0.39, 0.29) is 12.5 Å². The number of carbonyl (C=O) groups excluding carboxylic acids is 1. The van der Waals surface area contributed by atoms with Gasteiger partial charge in [-0.3, -0.25) is 4.79 Å². The van der Waals surface area contributed by atoms with Gasteiger partial charge in [0.25, 0.3) is 0 Å². The van der Waals surface area contributed by atoms with Crippen molar-refractivity contribution in [2.75, 3.05) is 38.2 Å². The van der Waals surface area contributed by atoms with Gasteiger partial charge in [-0.15, -0.1) is 0 Å². The zero-order chi connectivity index (χ0) is 15.5. The summed E-state index contributed by atoms with van der Waals surface area (Å²) in [5, 5.41) is 11.6. The number of carbonyl (C=O) groups is 2. The number of thioether (sulfide) groups is 1. The van der Waals surface area contributed by atoms with E-state index in [0.717, 1.165) is 12.8 Å². The van der Waals surface area contributed by atoms with E-state index in [1.54, 1.807) is 4.90 Å². The van der Waals surface area contributed by atoms with E-state index in [2.05, 4.69) is 11.6 Å². The first-order valence-corrected chi connectivity index (χ1v) is 8.88. The molecule has 6 nitrogen and oxygen atoms in total. The normalized spacial score (nSPS) is 18.5. The van der Waals surface area contributed by atoms with Gasteiger partial charge >= 0.3 is 12.0 Å². The maximum atomic E-state index is 12.0. The first-order chi connectivity index (χ1) is 10.1. The predicted molar refractivity (Wildman–Crippen MR) is 83.8 cm³/mol. The summed E-state index contributed by atoms with van der Waals surface area (Å²) in [4.78, 5) is 24.3. The second-order valence-corrected chi connectivity index (χ2v) is 6.16. The van der Waals surface area contributed by atoms with Crippen molar-refractivity contribution >= 4 is 23.8 Å². The second kappa shape index (κ2) is 10.7. The third-order valence-corrected chi connectivity index (χ3v) is 4.08. The number of rotatable bonds is 9. The number of aliphatic carboxylic acids is 1. The molecule has 0 aromatic rings. The molecule has 0 aromatic heterocycles. The SMILES string of the molecule is CSCCCCCCNC(=O)N1CCOC(CC(=O)O)C1. The molecule has 0 spiro atoms. The third kappa shape index (κ3) is 8.16. The number of nitrogens with one attached hydrogen (secondary N) is 1. The van der Waals surface area contributed by atoms with Crippen LogP contribution in [0.2, 0.25) is 0 Å². The first kappa shape index (κ1) is 18.1. The summed E-state index contributed by atoms with van der Waals surface area (Å²) < 4.78 is 5.35. The van der Waals surface area contributed by atoms with Crippen LogP contribution in [0.15, 0.2) is 0 Å². The lowest BCUT2D eigenvalue weighted by atomic mass is 10.2. The van der Waals surface area contributed by atoms with Crippen molar-refractivity contribution in [2.45, 2.75) is 38.2 Å². The summed E-state index contributed by atoms with van der Waals surface area (Å²) in [7, 11) is 0. The van der Waals surface area contributed by atoms with Gasteiger partial charge in [0.15, 0.2) is 0 Å². The monoisotopic (exact) mass is 318 g/mol. The largest absolute Gasteiger partial charge is 0.481 e. The zero-order valence-electron chi connectivity index (χ0n) is 12.7. The number of carboxylic acids is 1. The number of nitrogens with zero attached hydrogens (tertiary/aromatic N) is 1. The van der Waals surface area contributed by atoms with Gasteiger partial charge in [0.1, 0.15) is 0 Å². The molecule has 1 saturated heterocycles. The van der Waals surface area contributed by atoms with Gasteiger partial charge in [-0.05, 0) is 24.9 Å². The minimum atomic E-state index is -0.896. The van der Waals surface area contributed by atoms with E-state index in [9.17, 15) is 9.59 Å². The summed E-state index contributed by atoms with van der Waals surface area (Å²) in [6.45, 7) is 1.96. The topological polar surface area (TPSA) is 78.9 Å². The summed E-state index contributed by atoms with van der Waals surface area (Å²) in [6, 6.07) is -0.113. The molecule has 1 rings (SSSR count). The molecular formula is C14H26N2O4S. The van der Waals surface area contributed by atoms with Crippen LogP contribution in [-0.2, 0) is 9.53 Å². The Balaban J connectivity index is 2.12. The maximum Gasteiger partial charge on any atom is 0.317 e. The lowest BCUT2D eigenvalue weighted by Gasteiger charge is -2.32. The van der Waals surface area contributed by atoms with Gasteiger partial charge < -0.3 is 20.1 Å². The van der Waals surface area contributed by atoms with Crippen LogP contribution in [0.1, 0.15) is 32.1 Å². The van der Waals surface area contributed by atoms with E-state index in [1.165, 1.54) is 18.6 Å². The fourth-order valence-electron chi connectivity index (χ4n) is 2.25. The van der Waals surface area contributed by atoms with Gasteiger partial charge in [0.05, 0.1) is 19.1 Å². The standard InChI is InChI=1S/C14H26N2O4S/c1-21-9-5-3-2-4-6-15-14(19)16-7-8-20-12(11-16)10-13(17)18/h12H,2-11H2,1H3,(H,15,19)(H,17,18). The molecule has 1 unspecified atom stereocenters. The number of hydrogen-bond acceptors (Lipinski definition) is 4. The smallest absolute Gasteiger partial charge is 0.317 e. The van der Waals surface area contributed by atoms with Gasteiger partial charge in [-0.2, -0.15) is 11.8 Å². The quantitative estimate of drug-likeness (QED) is 0.634. The Morgan fingerprint density at radius 1 is 1.33 bits per heavy atom. The molecule has 122 valence electrons. The van der Waals surface area contributed by atoms with Crippen LogP contribution in [-0.4, -0.2) is 66.4 Å². The van der Waals surface area contributed by atoms with E-state index >= 15 is 0 Å². The lowest BCUT2D eigenvalue weighted by Crippen LogP contribution is -2.50. The molecule has 1 aliphatic rings. The maximum absolute atomic E-state index is 12.0. The Hall–Kier alpha value is -0.950. The number of urea groups is 1. The highest BCUT2D eigenvalue weighted by Crippen LogP contribution is 2.09. The van der Waals surface area contributed by atoms with Gasteiger partial charge in [0, 0.05) is 19.6 Å². The van der Waals surface area contributed by atoms with E-state index in [4.69, 9.17) is 9.84 Å². The highest BCUT2D eigenvalue weighted by molar-refractivity contribution is 7.98. The van der Waals surface area contributed by atoms with Gasteiger partial charge in [-0.1, -0.05) is 12.8 Å². The molecular weight excluding hydrogens is 292 g/mol. The number of ether oxygens (including phenoxy) is 1. The van der Waals surface area contributed by atoms with Crippen molar-refractivity contribution in [3.63, 3.8) is 0 Å². The van der Waals surface area contributed by atoms with E-state index < -0.39 is 12.1 Å². The van der Waals surface area contributed by atoms with E-state index in [0.29, 0.717) is 26.2 Å². The molecule has 0 bridgehead atoms. The van der Waals surface area contributed by atoms with Crippen molar-refractivity contribution < 1.29 is 19.4 Å². The summed E-state index contributed by atoms with van der Waals surface area (Å²) in [5.41, 5.74) is 0. The molecule has 0 saturated carbocycles. The Morgan fingerprint density at radius 3 is 2.81 bits per heavy atom. The Morgan fingerprint density at radius 2 is 2.10 bits per heavy atom. The van der Waals surface area contributed by atoms with Crippen LogP contribution in [0.4, 0.5) is 4.79 Å². The van der Waals surface area contributed by atoms with Gasteiger partial charge in [-0.25, -0.2) is 4.79 Å². The third-order valence-electron chi connectivity index (χ3n) is 3.38. The summed E-state index contributed by atoms with van der Waals surface area (Å²) in [6.07, 6.45) is 6.21. The van der Waals surface area contributed by atoms with Crippen molar-refractivity contribution in [3.05, 3.63) is 0 Å². The number of amides is 2. The molecule has 7 heteroatoms. The number of hydrogen-bond donors (Lipinski definition) is 2. The van der Waals surface area contributed by atoms with Gasteiger partial charge in [0.2, 0.25) is 0 Å². The molecule has 2 N–H and O–H groups in total. The molecule has 21 heavy (non-hydrogen) atoms. The molecule has 0 radical (unpaired) electrons. The molecule has 2 amide bonds. The molecule has 1 fully saturated rings. The van der Waals surface area contributed by atoms with Crippen molar-refractivity contribution in [3.8, 4) is 0 Å². The predicted octanol–water partition coefficient (Wildman–Crippen LogP) is 1.79. The fourth-order valence-corrected chi connectivity index (χ4v) is 2.75. The Bertz CT molecular complexity index is 328. The minimum Gasteiger partial charge on any atom is -0.481 e. The average Bonchev–Trinajstić information content (AvgIpc) is 2.45. The molecule has 1 atom stereocenters. The highest BCUT2D eigenvalue weighted by Gasteiger charge is 2.25. The Labute approximate surface area is 130 Å². The van der Waals surface area contributed by atoms with Crippen LogP contribution in [0.5, 0.6) is 0 Å². The van der Waals surface area contributed by atoms with Crippen LogP contribution in [0.3, 0.4) is 0 Å². The van der Waals surface area contributed by atoms with Crippen molar-refractivity contribution in [1.29, 1.82) is 0 Å². The number of unbranched alkanes of at least 4 members (excludes halogenated alkanes) is 3. The zero-order valence-corrected chi connectivity index (χ0v) is 13.5. The number of morpholine rings is 1. The van der Waals surface area contributed by atoms with Crippen LogP contribution >= 0.6 is 11.8 Å². The van der Waals surface area contributed by atoms with E-state index in [1.807, 2.05) is 11.8 Å². The summed E-state index contributed by atoms with van der Waals surface area (Å²) in [5.74, 6) is 0.304. The number of carboxylic acid groups (broad SMARTS) is 1. The summed E-state index contributed by atoms with van der Waals surface area (Å²) >= 11 is 1.86. The molecule has 1 heterocycles. The average molecular weight is 318 g/mol. The minimum absolute atomic E-state index is 0.0563. The van der Waals surface area contributed by atoms with Crippen LogP contribution in [0.25, 0.3) is 0 Å². The molecule has 0 aromatic carbocycles. The second-order valence-electron chi connectivity index (χ2n) is 5.18. The van der Waals surface area contributed by atoms with Crippen molar-refractivity contribution in [1.82, 2.24) is 10.2 Å². The van der Waals surface area contributed by atoms with Crippen molar-refractivity contribution in [2.24, 2.45) is 0 Å². The molecule has 1 aliphatic heterocycles. The first-order valence-electron chi connectivity index (χ1n) is 7.48. The fraction of sp³-hybridized carbons (Fsp3) is 0.857. The van der Waals surface area contributed by atoms with Crippen LogP contribution in [0, 0.1) is 0 Å².